The van der Waals surface area contributed by atoms with Gasteiger partial charge in [-0.2, -0.15) is 0 Å². The number of methoxy groups -OCH3 is 1. The Hall–Kier alpha value is -1.48. The number of halogens is 3. The average molecular weight is 520 g/mol. The van der Waals surface area contributed by atoms with Gasteiger partial charge >= 0.3 is 0 Å². The second kappa shape index (κ2) is 7.64. The van der Waals surface area contributed by atoms with Crippen LogP contribution in [0.3, 0.4) is 0 Å². The number of thioether (sulfide) groups is 1. The molecule has 1 saturated heterocycles. The molecule has 9 heteroatoms. The molecule has 2 aromatic carbocycles. The first-order valence-corrected chi connectivity index (χ1v) is 9.90. The van der Waals surface area contributed by atoms with Crippen LogP contribution in [0.5, 0.6) is 11.5 Å². The number of phenols is 1. The van der Waals surface area contributed by atoms with Gasteiger partial charge in [0.1, 0.15) is 0 Å². The summed E-state index contributed by atoms with van der Waals surface area (Å²) in [6.45, 7) is 0. The average Bonchev–Trinajstić information content (AvgIpc) is 2.89. The molecule has 2 aromatic rings. The highest BCUT2D eigenvalue weighted by Gasteiger charge is 2.36. The molecule has 0 unspecified atom stereocenters. The molecule has 5 nitrogen and oxygen atoms in total. The van der Waals surface area contributed by atoms with Crippen LogP contribution >= 0.6 is 55.2 Å². The van der Waals surface area contributed by atoms with E-state index in [2.05, 4.69) is 31.9 Å². The van der Waals surface area contributed by atoms with E-state index in [0.717, 1.165) is 16.7 Å². The number of ether oxygens (including phenoxy) is 1. The standard InChI is InChI=1S/C17H10Br2ClNO4S/c1-25-11-5-8(13(18)14(19)15(11)22)6-12-16(23)21(17(24)26-12)10-4-2-3-9(20)7-10/h2-7,22H,1H3/b12-6+. The lowest BCUT2D eigenvalue weighted by Gasteiger charge is -2.12. The molecule has 26 heavy (non-hydrogen) atoms. The van der Waals surface area contributed by atoms with Gasteiger partial charge in [0.05, 0.1) is 22.2 Å². The zero-order valence-electron chi connectivity index (χ0n) is 13.1. The second-order valence-corrected chi connectivity index (χ2v) is 8.16. The zero-order valence-corrected chi connectivity index (χ0v) is 17.9. The van der Waals surface area contributed by atoms with Crippen molar-refractivity contribution in [3.05, 3.63) is 54.8 Å². The van der Waals surface area contributed by atoms with Crippen molar-refractivity contribution in [3.8, 4) is 11.5 Å². The summed E-state index contributed by atoms with van der Waals surface area (Å²) >= 11 is 13.4. The summed E-state index contributed by atoms with van der Waals surface area (Å²) in [5, 5.41) is 10.0. The number of hydrogen-bond acceptors (Lipinski definition) is 5. The minimum atomic E-state index is -0.447. The van der Waals surface area contributed by atoms with E-state index in [1.54, 1.807) is 36.4 Å². The first kappa shape index (κ1) is 19.3. The maximum absolute atomic E-state index is 12.7. The Labute approximate surface area is 175 Å². The Balaban J connectivity index is 2.03. The van der Waals surface area contributed by atoms with Crippen LogP contribution in [0.1, 0.15) is 5.56 Å². The second-order valence-electron chi connectivity index (χ2n) is 5.14. The number of amides is 2. The van der Waals surface area contributed by atoms with E-state index in [0.29, 0.717) is 25.2 Å². The largest absolute Gasteiger partial charge is 0.503 e. The summed E-state index contributed by atoms with van der Waals surface area (Å²) in [4.78, 5) is 26.4. The van der Waals surface area contributed by atoms with Crippen molar-refractivity contribution < 1.29 is 19.4 Å². The zero-order chi connectivity index (χ0) is 19.0. The fourth-order valence-electron chi connectivity index (χ4n) is 2.32. The van der Waals surface area contributed by atoms with Crippen LogP contribution in [0.2, 0.25) is 5.02 Å². The Bertz CT molecular complexity index is 964. The normalized spacial score (nSPS) is 15.8. The molecule has 0 atom stereocenters. The highest BCUT2D eigenvalue weighted by molar-refractivity contribution is 9.13. The number of carbonyl (C=O) groups excluding carboxylic acids is 2. The molecule has 0 aromatic heterocycles. The number of hydrogen-bond donors (Lipinski definition) is 1. The van der Waals surface area contributed by atoms with Crippen LogP contribution < -0.4 is 9.64 Å². The van der Waals surface area contributed by atoms with Gasteiger partial charge in [-0.25, -0.2) is 4.90 Å². The molecule has 1 aliphatic heterocycles. The predicted octanol–water partition coefficient (Wildman–Crippen LogP) is 5.82. The van der Waals surface area contributed by atoms with Crippen LogP contribution in [-0.4, -0.2) is 23.4 Å². The van der Waals surface area contributed by atoms with Gasteiger partial charge in [-0.15, -0.1) is 0 Å². The summed E-state index contributed by atoms with van der Waals surface area (Å²) in [5.74, 6) is -0.277. The fraction of sp³-hybridized carbons (Fsp3) is 0.0588. The summed E-state index contributed by atoms with van der Waals surface area (Å²) < 4.78 is 6.04. The van der Waals surface area contributed by atoms with Crippen LogP contribution in [0, 0.1) is 0 Å². The smallest absolute Gasteiger partial charge is 0.298 e. The SMILES string of the molecule is COc1cc(/C=C2/SC(=O)N(c3cccc(Cl)c3)C2=O)c(Br)c(Br)c1O. The Morgan fingerprint density at radius 1 is 1.23 bits per heavy atom. The minimum Gasteiger partial charge on any atom is -0.503 e. The lowest BCUT2D eigenvalue weighted by molar-refractivity contribution is -0.113. The number of rotatable bonds is 3. The predicted molar refractivity (Wildman–Crippen MR) is 110 cm³/mol. The Morgan fingerprint density at radius 3 is 2.62 bits per heavy atom. The number of benzene rings is 2. The fourth-order valence-corrected chi connectivity index (χ4v) is 4.18. The molecular formula is C17H10Br2ClNO4S. The van der Waals surface area contributed by atoms with E-state index in [9.17, 15) is 14.7 Å². The number of carbonyl (C=O) groups is 2. The summed E-state index contributed by atoms with van der Waals surface area (Å²) in [6.07, 6.45) is 1.56. The molecule has 1 aliphatic rings. The van der Waals surface area contributed by atoms with Crippen molar-refractivity contribution in [3.63, 3.8) is 0 Å². The lowest BCUT2D eigenvalue weighted by Crippen LogP contribution is -2.27. The van der Waals surface area contributed by atoms with Gasteiger partial charge in [0.15, 0.2) is 11.5 Å². The third-order valence-corrected chi connectivity index (χ3v) is 6.80. The topological polar surface area (TPSA) is 66.8 Å². The third-order valence-electron chi connectivity index (χ3n) is 3.54. The van der Waals surface area contributed by atoms with E-state index in [1.807, 2.05) is 0 Å². The molecule has 0 bridgehead atoms. The van der Waals surface area contributed by atoms with Gasteiger partial charge < -0.3 is 9.84 Å². The van der Waals surface area contributed by atoms with E-state index >= 15 is 0 Å². The first-order chi connectivity index (χ1) is 12.3. The highest BCUT2D eigenvalue weighted by Crippen LogP contribution is 2.44. The van der Waals surface area contributed by atoms with Crippen molar-refractivity contribution >= 4 is 78.1 Å². The van der Waals surface area contributed by atoms with E-state index < -0.39 is 11.1 Å². The van der Waals surface area contributed by atoms with Crippen molar-refractivity contribution in [2.45, 2.75) is 0 Å². The number of nitrogens with zero attached hydrogens (tertiary/aromatic N) is 1. The van der Waals surface area contributed by atoms with Crippen molar-refractivity contribution in [2.24, 2.45) is 0 Å². The van der Waals surface area contributed by atoms with Gasteiger partial charge in [0.2, 0.25) is 0 Å². The van der Waals surface area contributed by atoms with Gasteiger partial charge in [0, 0.05) is 9.50 Å². The van der Waals surface area contributed by atoms with Crippen molar-refractivity contribution in [2.75, 3.05) is 12.0 Å². The van der Waals surface area contributed by atoms with Gasteiger partial charge in [-0.1, -0.05) is 17.7 Å². The van der Waals surface area contributed by atoms with Crippen LogP contribution in [0.15, 0.2) is 44.2 Å². The quantitative estimate of drug-likeness (QED) is 0.518. The van der Waals surface area contributed by atoms with E-state index in [4.69, 9.17) is 16.3 Å². The first-order valence-electron chi connectivity index (χ1n) is 7.12. The van der Waals surface area contributed by atoms with Gasteiger partial charge in [-0.05, 0) is 79.5 Å². The van der Waals surface area contributed by atoms with Crippen LogP contribution in [-0.2, 0) is 4.79 Å². The van der Waals surface area contributed by atoms with Crippen molar-refractivity contribution in [1.82, 2.24) is 0 Å². The molecular weight excluding hydrogens is 510 g/mol. The van der Waals surface area contributed by atoms with E-state index in [1.165, 1.54) is 7.11 Å². The summed E-state index contributed by atoms with van der Waals surface area (Å²) in [5.41, 5.74) is 0.982. The lowest BCUT2D eigenvalue weighted by atomic mass is 10.1. The van der Waals surface area contributed by atoms with E-state index in [-0.39, 0.29) is 16.4 Å². The molecule has 134 valence electrons. The molecule has 2 amide bonds. The molecule has 0 spiro atoms. The minimum absolute atomic E-state index is 0.0662. The molecule has 0 aliphatic carbocycles. The highest BCUT2D eigenvalue weighted by atomic mass is 79.9. The number of phenolic OH excluding ortho intramolecular Hbond substituents is 1. The van der Waals surface area contributed by atoms with Crippen LogP contribution in [0.25, 0.3) is 6.08 Å². The summed E-state index contributed by atoms with van der Waals surface area (Å²) in [6, 6.07) is 8.09. The molecule has 1 heterocycles. The molecule has 3 rings (SSSR count). The summed E-state index contributed by atoms with van der Waals surface area (Å²) in [7, 11) is 1.42. The molecule has 1 N–H and O–H groups in total. The van der Waals surface area contributed by atoms with Crippen molar-refractivity contribution in [1.29, 1.82) is 0 Å². The maximum atomic E-state index is 12.7. The van der Waals surface area contributed by atoms with Gasteiger partial charge in [-0.3, -0.25) is 9.59 Å². The number of imide groups is 1. The third kappa shape index (κ3) is 3.51. The Kier molecular flexibility index (Phi) is 5.67. The maximum Gasteiger partial charge on any atom is 0.298 e. The monoisotopic (exact) mass is 517 g/mol. The molecule has 0 radical (unpaired) electrons. The number of aromatic hydroxyl groups is 1. The van der Waals surface area contributed by atoms with Gasteiger partial charge in [0.25, 0.3) is 11.1 Å². The number of anilines is 1. The van der Waals surface area contributed by atoms with Crippen LogP contribution in [0.4, 0.5) is 10.5 Å². The Morgan fingerprint density at radius 2 is 1.96 bits per heavy atom. The molecule has 0 saturated carbocycles. The molecule has 1 fully saturated rings.